The van der Waals surface area contributed by atoms with E-state index in [1.807, 2.05) is 6.08 Å². The molecule has 2 heteroatoms. The Bertz CT molecular complexity index is 194. The Morgan fingerprint density at radius 1 is 1.54 bits per heavy atom. The minimum Gasteiger partial charge on any atom is -0.376 e. The highest BCUT2D eigenvalue weighted by molar-refractivity contribution is 7.84. The standard InChI is InChI=1S/C11H18OS/c1-4-6-11(13)9-12-8-7-10(3)5-2/h5-6,13H,2-4,7-9H2,1H3/b11-6-. The number of allylic oxidation sites excluding steroid dienone is 2. The molecule has 0 aromatic rings. The van der Waals surface area contributed by atoms with Gasteiger partial charge in [0.25, 0.3) is 0 Å². The molecule has 0 saturated heterocycles. The highest BCUT2D eigenvalue weighted by Crippen LogP contribution is 2.04. The average Bonchev–Trinajstić information content (AvgIpc) is 2.12. The Kier molecular flexibility index (Phi) is 7.85. The van der Waals surface area contributed by atoms with Crippen LogP contribution >= 0.6 is 12.6 Å². The molecular weight excluding hydrogens is 180 g/mol. The van der Waals surface area contributed by atoms with Crippen molar-refractivity contribution in [3.05, 3.63) is 35.8 Å². The summed E-state index contributed by atoms with van der Waals surface area (Å²) in [6.45, 7) is 10.8. The summed E-state index contributed by atoms with van der Waals surface area (Å²) in [4.78, 5) is 0.992. The number of rotatable bonds is 7. The molecule has 0 atom stereocenters. The summed E-state index contributed by atoms with van der Waals surface area (Å²) in [6, 6.07) is 0. The topological polar surface area (TPSA) is 9.23 Å². The van der Waals surface area contributed by atoms with Gasteiger partial charge in [0.15, 0.2) is 0 Å². The Labute approximate surface area is 86.6 Å². The van der Waals surface area contributed by atoms with E-state index in [9.17, 15) is 0 Å². The van der Waals surface area contributed by atoms with Crippen LogP contribution in [0.3, 0.4) is 0 Å². The molecule has 0 fully saturated rings. The van der Waals surface area contributed by atoms with Gasteiger partial charge in [0, 0.05) is 4.91 Å². The molecule has 0 aromatic carbocycles. The fraction of sp³-hybridized carbons (Fsp3) is 0.455. The molecule has 13 heavy (non-hydrogen) atoms. The van der Waals surface area contributed by atoms with E-state index in [4.69, 9.17) is 4.74 Å². The van der Waals surface area contributed by atoms with Crippen molar-refractivity contribution in [1.82, 2.24) is 0 Å². The molecule has 74 valence electrons. The lowest BCUT2D eigenvalue weighted by molar-refractivity contribution is 0.164. The molecule has 0 N–H and O–H groups in total. The van der Waals surface area contributed by atoms with Crippen LogP contribution in [0.5, 0.6) is 0 Å². The van der Waals surface area contributed by atoms with Gasteiger partial charge in [0.2, 0.25) is 0 Å². The third kappa shape index (κ3) is 7.88. The summed E-state index contributed by atoms with van der Waals surface area (Å²) in [7, 11) is 0. The van der Waals surface area contributed by atoms with E-state index in [2.05, 4.69) is 32.7 Å². The van der Waals surface area contributed by atoms with Gasteiger partial charge >= 0.3 is 0 Å². The molecule has 0 rings (SSSR count). The van der Waals surface area contributed by atoms with Crippen molar-refractivity contribution in [2.75, 3.05) is 13.2 Å². The number of thiol groups is 1. The molecule has 0 aliphatic rings. The van der Waals surface area contributed by atoms with Gasteiger partial charge in [-0.05, 0) is 12.8 Å². The van der Waals surface area contributed by atoms with E-state index in [1.165, 1.54) is 0 Å². The van der Waals surface area contributed by atoms with Crippen LogP contribution < -0.4 is 0 Å². The van der Waals surface area contributed by atoms with Crippen LogP contribution in [-0.2, 0) is 4.74 Å². The van der Waals surface area contributed by atoms with E-state index in [0.29, 0.717) is 13.2 Å². The molecule has 0 radical (unpaired) electrons. The predicted molar refractivity (Wildman–Crippen MR) is 62.1 cm³/mol. The Balaban J connectivity index is 3.40. The zero-order valence-electron chi connectivity index (χ0n) is 8.25. The van der Waals surface area contributed by atoms with E-state index < -0.39 is 0 Å². The Morgan fingerprint density at radius 3 is 2.77 bits per heavy atom. The SMILES string of the molecule is C=CC(=C)CCOC/C(S)=C/CC. The molecule has 0 aliphatic heterocycles. The van der Waals surface area contributed by atoms with Gasteiger partial charge in [0.1, 0.15) is 0 Å². The Morgan fingerprint density at radius 2 is 2.23 bits per heavy atom. The fourth-order valence-electron chi connectivity index (χ4n) is 0.777. The smallest absolute Gasteiger partial charge is 0.0769 e. The summed E-state index contributed by atoms with van der Waals surface area (Å²) in [5, 5.41) is 0. The first-order valence-corrected chi connectivity index (χ1v) is 4.91. The minimum atomic E-state index is 0.599. The van der Waals surface area contributed by atoms with Crippen molar-refractivity contribution >= 4 is 12.6 Å². The molecule has 0 heterocycles. The quantitative estimate of drug-likeness (QED) is 0.375. The number of hydrogen-bond acceptors (Lipinski definition) is 2. The van der Waals surface area contributed by atoms with E-state index >= 15 is 0 Å². The number of hydrogen-bond donors (Lipinski definition) is 1. The van der Waals surface area contributed by atoms with Crippen LogP contribution in [-0.4, -0.2) is 13.2 Å². The average molecular weight is 198 g/mol. The molecule has 0 saturated carbocycles. The lowest BCUT2D eigenvalue weighted by Crippen LogP contribution is -1.97. The summed E-state index contributed by atoms with van der Waals surface area (Å²) < 4.78 is 5.37. The first-order valence-electron chi connectivity index (χ1n) is 4.46. The monoisotopic (exact) mass is 198 g/mol. The maximum atomic E-state index is 5.37. The van der Waals surface area contributed by atoms with Gasteiger partial charge in [-0.3, -0.25) is 0 Å². The maximum Gasteiger partial charge on any atom is 0.0769 e. The van der Waals surface area contributed by atoms with E-state index in [1.54, 1.807) is 6.08 Å². The molecule has 0 spiro atoms. The Hall–Kier alpha value is -0.470. The molecular formula is C11H18OS. The molecule has 1 nitrogen and oxygen atoms in total. The molecule has 0 aliphatic carbocycles. The summed E-state index contributed by atoms with van der Waals surface area (Å²) in [6.07, 6.45) is 5.65. The normalized spacial score (nSPS) is 11.4. The first kappa shape index (κ1) is 12.5. The second-order valence-electron chi connectivity index (χ2n) is 2.77. The third-order valence-corrected chi connectivity index (χ3v) is 1.86. The van der Waals surface area contributed by atoms with E-state index in [-0.39, 0.29) is 0 Å². The van der Waals surface area contributed by atoms with Crippen LogP contribution in [0, 0.1) is 0 Å². The van der Waals surface area contributed by atoms with Crippen molar-refractivity contribution in [3.63, 3.8) is 0 Å². The lowest BCUT2D eigenvalue weighted by Gasteiger charge is -2.03. The summed E-state index contributed by atoms with van der Waals surface area (Å²) in [5.74, 6) is 0. The van der Waals surface area contributed by atoms with Crippen molar-refractivity contribution in [3.8, 4) is 0 Å². The van der Waals surface area contributed by atoms with E-state index in [0.717, 1.165) is 23.3 Å². The zero-order valence-corrected chi connectivity index (χ0v) is 9.15. The van der Waals surface area contributed by atoms with Crippen LogP contribution in [0.2, 0.25) is 0 Å². The number of ether oxygens (including phenoxy) is 1. The van der Waals surface area contributed by atoms with Gasteiger partial charge in [-0.2, -0.15) is 0 Å². The van der Waals surface area contributed by atoms with Crippen LogP contribution in [0.1, 0.15) is 19.8 Å². The predicted octanol–water partition coefficient (Wildman–Crippen LogP) is 3.36. The largest absolute Gasteiger partial charge is 0.376 e. The van der Waals surface area contributed by atoms with Crippen molar-refractivity contribution < 1.29 is 4.74 Å². The van der Waals surface area contributed by atoms with Crippen LogP contribution in [0.15, 0.2) is 35.8 Å². The fourth-order valence-corrected chi connectivity index (χ4v) is 1.05. The second-order valence-corrected chi connectivity index (χ2v) is 3.34. The van der Waals surface area contributed by atoms with Crippen molar-refractivity contribution in [2.24, 2.45) is 0 Å². The maximum absolute atomic E-state index is 5.37. The van der Waals surface area contributed by atoms with Gasteiger partial charge < -0.3 is 4.74 Å². The van der Waals surface area contributed by atoms with Crippen molar-refractivity contribution in [2.45, 2.75) is 19.8 Å². The first-order chi connectivity index (χ1) is 6.20. The van der Waals surface area contributed by atoms with Gasteiger partial charge in [-0.15, -0.1) is 12.6 Å². The van der Waals surface area contributed by atoms with Crippen LogP contribution in [0.25, 0.3) is 0 Å². The molecule has 0 unspecified atom stereocenters. The van der Waals surface area contributed by atoms with Gasteiger partial charge in [-0.1, -0.05) is 37.8 Å². The van der Waals surface area contributed by atoms with Gasteiger partial charge in [0.05, 0.1) is 13.2 Å². The van der Waals surface area contributed by atoms with Crippen molar-refractivity contribution in [1.29, 1.82) is 0 Å². The molecule has 0 bridgehead atoms. The summed E-state index contributed by atoms with van der Waals surface area (Å²) >= 11 is 4.25. The van der Waals surface area contributed by atoms with Gasteiger partial charge in [-0.25, -0.2) is 0 Å². The highest BCUT2D eigenvalue weighted by Gasteiger charge is 1.92. The minimum absolute atomic E-state index is 0.599. The molecule has 0 aromatic heterocycles. The lowest BCUT2D eigenvalue weighted by atomic mass is 10.2. The second kappa shape index (κ2) is 8.14. The molecule has 0 amide bonds. The summed E-state index contributed by atoms with van der Waals surface area (Å²) in [5.41, 5.74) is 1.01. The van der Waals surface area contributed by atoms with Crippen LogP contribution in [0.4, 0.5) is 0 Å². The highest BCUT2D eigenvalue weighted by atomic mass is 32.1. The third-order valence-electron chi connectivity index (χ3n) is 1.55. The zero-order chi connectivity index (χ0) is 10.1.